The molecule has 0 spiro atoms. The first-order chi connectivity index (χ1) is 11.1. The van der Waals surface area contributed by atoms with Crippen LogP contribution in [0.25, 0.3) is 11.0 Å². The van der Waals surface area contributed by atoms with Gasteiger partial charge in [0.2, 0.25) is 0 Å². The Morgan fingerprint density at radius 1 is 1.26 bits per heavy atom. The highest BCUT2D eigenvalue weighted by Gasteiger charge is 2.04. The van der Waals surface area contributed by atoms with E-state index in [0.29, 0.717) is 17.3 Å². The maximum Gasteiger partial charge on any atom is 0.319 e. The fraction of sp³-hybridized carbons (Fsp3) is 0.176. The minimum absolute atomic E-state index is 0.245. The van der Waals surface area contributed by atoms with Gasteiger partial charge >= 0.3 is 6.03 Å². The van der Waals surface area contributed by atoms with Crippen LogP contribution >= 0.6 is 11.6 Å². The van der Waals surface area contributed by atoms with Crippen molar-refractivity contribution in [2.75, 3.05) is 11.9 Å². The van der Waals surface area contributed by atoms with Crippen LogP contribution in [0.1, 0.15) is 11.4 Å². The molecule has 1 heterocycles. The first kappa shape index (κ1) is 15.4. The van der Waals surface area contributed by atoms with Crippen molar-refractivity contribution in [3.8, 4) is 0 Å². The van der Waals surface area contributed by atoms with Crippen LogP contribution in [0.4, 0.5) is 10.5 Å². The molecule has 2 aromatic carbocycles. The number of amides is 2. The molecular formula is C17H17ClN4O. The van der Waals surface area contributed by atoms with E-state index in [-0.39, 0.29) is 6.03 Å². The Hall–Kier alpha value is -2.53. The molecule has 2 amide bonds. The first-order valence-corrected chi connectivity index (χ1v) is 7.73. The highest BCUT2D eigenvalue weighted by molar-refractivity contribution is 6.30. The summed E-state index contributed by atoms with van der Waals surface area (Å²) in [5, 5.41) is 6.17. The molecule has 0 aliphatic rings. The second kappa shape index (κ2) is 6.71. The average Bonchev–Trinajstić information content (AvgIpc) is 2.86. The molecule has 23 heavy (non-hydrogen) atoms. The molecule has 0 bridgehead atoms. The van der Waals surface area contributed by atoms with Crippen LogP contribution in [0.2, 0.25) is 5.02 Å². The third-order valence-electron chi connectivity index (χ3n) is 3.45. The summed E-state index contributed by atoms with van der Waals surface area (Å²) in [5.41, 5.74) is 3.79. The number of fused-ring (bicyclic) bond motifs is 1. The molecule has 1 aromatic heterocycles. The molecule has 3 aromatic rings. The predicted molar refractivity (Wildman–Crippen MR) is 93.0 cm³/mol. The lowest BCUT2D eigenvalue weighted by Gasteiger charge is -2.08. The number of nitrogens with one attached hydrogen (secondary N) is 3. The Morgan fingerprint density at radius 2 is 2.13 bits per heavy atom. The molecule has 0 atom stereocenters. The summed E-state index contributed by atoms with van der Waals surface area (Å²) in [5.74, 6) is 0.899. The Morgan fingerprint density at radius 3 is 2.96 bits per heavy atom. The van der Waals surface area contributed by atoms with Crippen LogP contribution in [-0.4, -0.2) is 22.5 Å². The normalized spacial score (nSPS) is 10.7. The molecular weight excluding hydrogens is 312 g/mol. The fourth-order valence-electron chi connectivity index (χ4n) is 2.40. The molecule has 0 saturated heterocycles. The zero-order valence-electron chi connectivity index (χ0n) is 12.7. The minimum Gasteiger partial charge on any atom is -0.342 e. The van der Waals surface area contributed by atoms with E-state index >= 15 is 0 Å². The number of imidazole rings is 1. The lowest BCUT2D eigenvalue weighted by Crippen LogP contribution is -2.30. The molecule has 118 valence electrons. The van der Waals surface area contributed by atoms with E-state index in [2.05, 4.69) is 26.7 Å². The molecule has 0 aliphatic carbocycles. The number of H-pyrrole nitrogens is 1. The minimum atomic E-state index is -0.245. The number of anilines is 1. The summed E-state index contributed by atoms with van der Waals surface area (Å²) in [7, 11) is 0. The zero-order valence-corrected chi connectivity index (χ0v) is 13.4. The van der Waals surface area contributed by atoms with E-state index in [9.17, 15) is 4.79 Å². The van der Waals surface area contributed by atoms with Gasteiger partial charge in [-0.25, -0.2) is 9.78 Å². The van der Waals surface area contributed by atoms with Gasteiger partial charge in [0, 0.05) is 17.3 Å². The number of aryl methyl sites for hydroxylation is 1. The van der Waals surface area contributed by atoms with Gasteiger partial charge < -0.3 is 15.6 Å². The van der Waals surface area contributed by atoms with E-state index in [4.69, 9.17) is 11.6 Å². The van der Waals surface area contributed by atoms with E-state index in [0.717, 1.165) is 28.8 Å². The second-order valence-electron chi connectivity index (χ2n) is 5.31. The number of benzene rings is 2. The van der Waals surface area contributed by atoms with Gasteiger partial charge in [0.1, 0.15) is 5.82 Å². The zero-order chi connectivity index (χ0) is 16.2. The van der Waals surface area contributed by atoms with Crippen molar-refractivity contribution in [1.82, 2.24) is 15.3 Å². The van der Waals surface area contributed by atoms with Gasteiger partial charge in [-0.3, -0.25) is 0 Å². The molecule has 3 rings (SSSR count). The largest absolute Gasteiger partial charge is 0.342 e. The summed E-state index contributed by atoms with van der Waals surface area (Å²) in [6.45, 7) is 2.48. The topological polar surface area (TPSA) is 69.8 Å². The van der Waals surface area contributed by atoms with Crippen LogP contribution < -0.4 is 10.6 Å². The van der Waals surface area contributed by atoms with Crippen molar-refractivity contribution in [1.29, 1.82) is 0 Å². The van der Waals surface area contributed by atoms with E-state index in [1.807, 2.05) is 19.1 Å². The van der Waals surface area contributed by atoms with Gasteiger partial charge in [-0.1, -0.05) is 23.7 Å². The lowest BCUT2D eigenvalue weighted by molar-refractivity contribution is 0.252. The lowest BCUT2D eigenvalue weighted by atomic mass is 10.1. The maximum absolute atomic E-state index is 11.8. The van der Waals surface area contributed by atoms with Crippen molar-refractivity contribution in [2.24, 2.45) is 0 Å². The number of halogens is 1. The van der Waals surface area contributed by atoms with Crippen molar-refractivity contribution in [2.45, 2.75) is 13.3 Å². The van der Waals surface area contributed by atoms with Crippen LogP contribution in [0.5, 0.6) is 0 Å². The molecule has 5 nitrogen and oxygen atoms in total. The van der Waals surface area contributed by atoms with Gasteiger partial charge in [0.05, 0.1) is 11.0 Å². The molecule has 3 N–H and O–H groups in total. The number of hydrogen-bond acceptors (Lipinski definition) is 2. The number of hydrogen-bond donors (Lipinski definition) is 3. The summed E-state index contributed by atoms with van der Waals surface area (Å²) in [6.07, 6.45) is 0.747. The van der Waals surface area contributed by atoms with E-state index in [1.54, 1.807) is 24.3 Å². The quantitative estimate of drug-likeness (QED) is 0.680. The molecule has 0 fully saturated rings. The van der Waals surface area contributed by atoms with Crippen molar-refractivity contribution in [3.05, 3.63) is 58.9 Å². The van der Waals surface area contributed by atoms with Crippen LogP contribution in [-0.2, 0) is 6.42 Å². The number of rotatable bonds is 4. The van der Waals surface area contributed by atoms with Crippen LogP contribution in [0.3, 0.4) is 0 Å². The highest BCUT2D eigenvalue weighted by Crippen LogP contribution is 2.15. The van der Waals surface area contributed by atoms with Crippen molar-refractivity contribution >= 4 is 34.4 Å². The fourth-order valence-corrected chi connectivity index (χ4v) is 2.59. The first-order valence-electron chi connectivity index (χ1n) is 7.36. The molecule has 0 radical (unpaired) electrons. The number of urea groups is 1. The Balaban J connectivity index is 1.52. The molecule has 0 saturated carbocycles. The second-order valence-corrected chi connectivity index (χ2v) is 5.75. The monoisotopic (exact) mass is 328 g/mol. The molecule has 0 unspecified atom stereocenters. The predicted octanol–water partition coefficient (Wildman–Crippen LogP) is 3.89. The average molecular weight is 329 g/mol. The standard InChI is InChI=1S/C17H17ClN4O/c1-11-20-15-6-5-12(9-16(15)21-11)7-8-19-17(23)22-14-4-2-3-13(18)10-14/h2-6,9-10H,7-8H2,1H3,(H,20,21)(H2,19,22,23). The third kappa shape index (κ3) is 4.02. The van der Waals surface area contributed by atoms with Gasteiger partial charge in [0.15, 0.2) is 0 Å². The van der Waals surface area contributed by atoms with E-state index in [1.165, 1.54) is 0 Å². The van der Waals surface area contributed by atoms with Crippen molar-refractivity contribution < 1.29 is 4.79 Å². The number of aromatic nitrogens is 2. The number of aromatic amines is 1. The SMILES string of the molecule is Cc1nc2ccc(CCNC(=O)Nc3cccc(Cl)c3)cc2[nH]1. The Kier molecular flexibility index (Phi) is 4.48. The maximum atomic E-state index is 11.8. The smallest absolute Gasteiger partial charge is 0.319 e. The van der Waals surface area contributed by atoms with E-state index < -0.39 is 0 Å². The van der Waals surface area contributed by atoms with Crippen LogP contribution in [0.15, 0.2) is 42.5 Å². The number of carbonyl (C=O) groups excluding carboxylic acids is 1. The van der Waals surface area contributed by atoms with Crippen molar-refractivity contribution in [3.63, 3.8) is 0 Å². The molecule has 6 heteroatoms. The number of carbonyl (C=O) groups is 1. The van der Waals surface area contributed by atoms with Gasteiger partial charge in [0.25, 0.3) is 0 Å². The number of nitrogens with zero attached hydrogens (tertiary/aromatic N) is 1. The Labute approximate surface area is 139 Å². The van der Waals surface area contributed by atoms with Crippen LogP contribution in [0, 0.1) is 6.92 Å². The summed E-state index contributed by atoms with van der Waals surface area (Å²) in [6, 6.07) is 12.9. The highest BCUT2D eigenvalue weighted by atomic mass is 35.5. The summed E-state index contributed by atoms with van der Waals surface area (Å²) in [4.78, 5) is 19.4. The summed E-state index contributed by atoms with van der Waals surface area (Å²) >= 11 is 5.88. The third-order valence-corrected chi connectivity index (χ3v) is 3.68. The Bertz CT molecular complexity index is 843. The van der Waals surface area contributed by atoms with Gasteiger partial charge in [-0.2, -0.15) is 0 Å². The summed E-state index contributed by atoms with van der Waals surface area (Å²) < 4.78 is 0. The van der Waals surface area contributed by atoms with Gasteiger partial charge in [-0.15, -0.1) is 0 Å². The van der Waals surface area contributed by atoms with Gasteiger partial charge in [-0.05, 0) is 49.2 Å². The molecule has 0 aliphatic heterocycles.